The molecule has 4 heteroatoms. The Morgan fingerprint density at radius 2 is 1.95 bits per heavy atom. The lowest BCUT2D eigenvalue weighted by molar-refractivity contribution is -0.129. The molecular formula is C16H24N2OS. The summed E-state index contributed by atoms with van der Waals surface area (Å²) in [5.41, 5.74) is 2.43. The monoisotopic (exact) mass is 292 g/mol. The third kappa shape index (κ3) is 3.55. The first kappa shape index (κ1) is 15.4. The van der Waals surface area contributed by atoms with Crippen LogP contribution in [0.2, 0.25) is 0 Å². The molecule has 1 N–H and O–H groups in total. The summed E-state index contributed by atoms with van der Waals surface area (Å²) in [6, 6.07) is 8.37. The van der Waals surface area contributed by atoms with Gasteiger partial charge in [0.1, 0.15) is 6.17 Å². The predicted molar refractivity (Wildman–Crippen MR) is 85.8 cm³/mol. The van der Waals surface area contributed by atoms with Crippen LogP contribution < -0.4 is 5.32 Å². The van der Waals surface area contributed by atoms with Crippen LogP contribution in [0.1, 0.15) is 37.1 Å². The molecule has 1 fully saturated rings. The largest absolute Gasteiger partial charge is 0.322 e. The maximum atomic E-state index is 12.3. The van der Waals surface area contributed by atoms with Gasteiger partial charge in [-0.05, 0) is 44.3 Å². The van der Waals surface area contributed by atoms with E-state index in [0.29, 0.717) is 0 Å². The summed E-state index contributed by atoms with van der Waals surface area (Å²) in [4.78, 5) is 14.3. The summed E-state index contributed by atoms with van der Waals surface area (Å²) >= 11 is 1.87. The maximum absolute atomic E-state index is 12.3. The van der Waals surface area contributed by atoms with Crippen molar-refractivity contribution in [1.29, 1.82) is 0 Å². The van der Waals surface area contributed by atoms with Gasteiger partial charge in [0.05, 0.1) is 6.04 Å². The van der Waals surface area contributed by atoms with E-state index in [1.54, 1.807) is 0 Å². The first-order chi connectivity index (χ1) is 9.63. The number of hydrogen-bond donors (Lipinski definition) is 1. The number of thioether (sulfide) groups is 1. The molecule has 2 unspecified atom stereocenters. The number of unbranched alkanes of at least 4 members (excludes halogenated alkanes) is 1. The molecule has 1 aliphatic heterocycles. The van der Waals surface area contributed by atoms with Crippen molar-refractivity contribution in [3.63, 3.8) is 0 Å². The highest BCUT2D eigenvalue weighted by atomic mass is 32.2. The minimum absolute atomic E-state index is 0.0346. The summed E-state index contributed by atoms with van der Waals surface area (Å²) in [6.45, 7) is 4.88. The molecular weight excluding hydrogens is 268 g/mol. The highest BCUT2D eigenvalue weighted by Crippen LogP contribution is 2.26. The highest BCUT2D eigenvalue weighted by molar-refractivity contribution is 7.98. The molecule has 20 heavy (non-hydrogen) atoms. The summed E-state index contributed by atoms with van der Waals surface area (Å²) < 4.78 is 0. The normalized spacial score (nSPS) is 22.6. The Hall–Kier alpha value is -1.00. The summed E-state index contributed by atoms with van der Waals surface area (Å²) in [5, 5.41) is 3.40. The van der Waals surface area contributed by atoms with Crippen molar-refractivity contribution in [2.45, 2.75) is 38.9 Å². The quantitative estimate of drug-likeness (QED) is 0.818. The van der Waals surface area contributed by atoms with Gasteiger partial charge in [0.25, 0.3) is 0 Å². The van der Waals surface area contributed by atoms with Gasteiger partial charge in [-0.2, -0.15) is 11.8 Å². The van der Waals surface area contributed by atoms with Crippen molar-refractivity contribution in [1.82, 2.24) is 10.2 Å². The summed E-state index contributed by atoms with van der Waals surface area (Å²) in [5.74, 6) is 1.39. The van der Waals surface area contributed by atoms with Gasteiger partial charge in [0, 0.05) is 6.54 Å². The van der Waals surface area contributed by atoms with E-state index in [9.17, 15) is 4.79 Å². The van der Waals surface area contributed by atoms with Crippen LogP contribution in [0.3, 0.4) is 0 Å². The Morgan fingerprint density at radius 3 is 2.60 bits per heavy atom. The van der Waals surface area contributed by atoms with Crippen LogP contribution >= 0.6 is 11.8 Å². The topological polar surface area (TPSA) is 32.3 Å². The molecule has 0 aromatic heterocycles. The fourth-order valence-corrected chi connectivity index (χ4v) is 3.06. The van der Waals surface area contributed by atoms with Crippen LogP contribution in [0.15, 0.2) is 24.3 Å². The molecule has 1 aliphatic rings. The minimum atomic E-state index is -0.0816. The van der Waals surface area contributed by atoms with E-state index in [1.165, 1.54) is 23.3 Å². The molecule has 0 saturated carbocycles. The van der Waals surface area contributed by atoms with Crippen molar-refractivity contribution >= 4 is 17.7 Å². The summed E-state index contributed by atoms with van der Waals surface area (Å²) in [7, 11) is 0. The van der Waals surface area contributed by atoms with E-state index in [4.69, 9.17) is 0 Å². The molecule has 1 heterocycles. The lowest BCUT2D eigenvalue weighted by Crippen LogP contribution is -2.31. The zero-order chi connectivity index (χ0) is 14.5. The average Bonchev–Trinajstić information content (AvgIpc) is 2.72. The molecule has 2 atom stereocenters. The fourth-order valence-electron chi connectivity index (χ4n) is 2.57. The van der Waals surface area contributed by atoms with E-state index < -0.39 is 0 Å². The Balaban J connectivity index is 2.05. The predicted octanol–water partition coefficient (Wildman–Crippen LogP) is 2.96. The van der Waals surface area contributed by atoms with Gasteiger partial charge in [-0.25, -0.2) is 0 Å². The first-order valence-electron chi connectivity index (χ1n) is 7.25. The van der Waals surface area contributed by atoms with Gasteiger partial charge in [-0.15, -0.1) is 0 Å². The summed E-state index contributed by atoms with van der Waals surface area (Å²) in [6.07, 6.45) is 4.40. The van der Waals surface area contributed by atoms with E-state index >= 15 is 0 Å². The van der Waals surface area contributed by atoms with Crippen molar-refractivity contribution in [2.24, 2.45) is 0 Å². The van der Waals surface area contributed by atoms with Crippen molar-refractivity contribution < 1.29 is 4.79 Å². The van der Waals surface area contributed by atoms with Crippen LogP contribution in [0.5, 0.6) is 0 Å². The average molecular weight is 292 g/mol. The van der Waals surface area contributed by atoms with Gasteiger partial charge in [0.15, 0.2) is 0 Å². The SMILES string of the molecule is CSCCCCN1C(=O)C(C)NC1c1ccc(C)cc1. The lowest BCUT2D eigenvalue weighted by atomic mass is 10.1. The molecule has 0 bridgehead atoms. The fraction of sp³-hybridized carbons (Fsp3) is 0.562. The highest BCUT2D eigenvalue weighted by Gasteiger charge is 2.36. The van der Waals surface area contributed by atoms with Gasteiger partial charge < -0.3 is 4.90 Å². The number of nitrogens with one attached hydrogen (secondary N) is 1. The van der Waals surface area contributed by atoms with Gasteiger partial charge in [0.2, 0.25) is 5.91 Å². The Bertz CT molecular complexity index is 446. The number of nitrogens with zero attached hydrogens (tertiary/aromatic N) is 1. The maximum Gasteiger partial charge on any atom is 0.241 e. The number of benzene rings is 1. The van der Waals surface area contributed by atoms with E-state index in [2.05, 4.69) is 42.8 Å². The van der Waals surface area contributed by atoms with Gasteiger partial charge in [-0.1, -0.05) is 29.8 Å². The van der Waals surface area contributed by atoms with Crippen molar-refractivity contribution in [3.8, 4) is 0 Å². The number of amides is 1. The zero-order valence-corrected chi connectivity index (χ0v) is 13.4. The Morgan fingerprint density at radius 1 is 1.25 bits per heavy atom. The van der Waals surface area contributed by atoms with Crippen molar-refractivity contribution in [2.75, 3.05) is 18.6 Å². The molecule has 1 aromatic carbocycles. The Labute approximate surface area is 126 Å². The number of carbonyl (C=O) groups is 1. The molecule has 0 spiro atoms. The van der Waals surface area contributed by atoms with E-state index in [0.717, 1.165) is 13.0 Å². The third-order valence-electron chi connectivity index (χ3n) is 3.76. The molecule has 110 valence electrons. The number of rotatable bonds is 6. The van der Waals surface area contributed by atoms with Crippen LogP contribution in [-0.4, -0.2) is 35.4 Å². The molecule has 1 amide bonds. The van der Waals surface area contributed by atoms with Crippen LogP contribution in [0.25, 0.3) is 0 Å². The standard InChI is InChI=1S/C16H24N2OS/c1-12-6-8-14(9-7-12)15-17-13(2)16(19)18(15)10-4-5-11-20-3/h6-9,13,15,17H,4-5,10-11H2,1-3H3. The van der Waals surface area contributed by atoms with Crippen molar-refractivity contribution in [3.05, 3.63) is 35.4 Å². The van der Waals surface area contributed by atoms with E-state index in [1.807, 2.05) is 23.6 Å². The van der Waals surface area contributed by atoms with Crippen LogP contribution in [0, 0.1) is 6.92 Å². The molecule has 0 radical (unpaired) electrons. The first-order valence-corrected chi connectivity index (χ1v) is 8.65. The smallest absolute Gasteiger partial charge is 0.241 e. The molecule has 2 rings (SSSR count). The van der Waals surface area contributed by atoms with Crippen LogP contribution in [0.4, 0.5) is 0 Å². The van der Waals surface area contributed by atoms with Gasteiger partial charge in [-0.3, -0.25) is 10.1 Å². The molecule has 0 aliphatic carbocycles. The van der Waals surface area contributed by atoms with Crippen LogP contribution in [-0.2, 0) is 4.79 Å². The minimum Gasteiger partial charge on any atom is -0.322 e. The molecule has 3 nitrogen and oxygen atoms in total. The second-order valence-electron chi connectivity index (χ2n) is 5.43. The zero-order valence-electron chi connectivity index (χ0n) is 12.6. The van der Waals surface area contributed by atoms with Gasteiger partial charge >= 0.3 is 0 Å². The Kier molecular flexibility index (Phi) is 5.49. The molecule has 1 saturated heterocycles. The number of aryl methyl sites for hydroxylation is 1. The second kappa shape index (κ2) is 7.14. The van der Waals surface area contributed by atoms with E-state index in [-0.39, 0.29) is 18.1 Å². The third-order valence-corrected chi connectivity index (χ3v) is 4.46. The number of carbonyl (C=O) groups excluding carboxylic acids is 1. The second-order valence-corrected chi connectivity index (χ2v) is 6.42. The molecule has 1 aromatic rings. The number of hydrogen-bond acceptors (Lipinski definition) is 3. The lowest BCUT2D eigenvalue weighted by Gasteiger charge is -2.24.